The summed E-state index contributed by atoms with van der Waals surface area (Å²) < 4.78 is 11.1. The van der Waals surface area contributed by atoms with Crippen molar-refractivity contribution < 1.29 is 9.47 Å². The average molecular weight is 400 g/mol. The Hall–Kier alpha value is -1.76. The molecular formula is C22H29N3O2S. The van der Waals surface area contributed by atoms with Gasteiger partial charge in [-0.25, -0.2) is 0 Å². The smallest absolute Gasteiger partial charge is 0.0767 e. The number of rotatable bonds is 3. The van der Waals surface area contributed by atoms with Gasteiger partial charge in [0.05, 0.1) is 18.9 Å². The molecule has 2 fully saturated rings. The molecule has 2 saturated heterocycles. The van der Waals surface area contributed by atoms with Crippen LogP contribution in [0.4, 0.5) is 11.4 Å². The molecule has 0 unspecified atom stereocenters. The summed E-state index contributed by atoms with van der Waals surface area (Å²) in [4.78, 5) is 10.5. The molecule has 3 aliphatic rings. The lowest BCUT2D eigenvalue weighted by Crippen LogP contribution is -2.26. The number of nitrogens with zero attached hydrogens (tertiary/aromatic N) is 3. The SMILES string of the molecule is Sc1cc(N2CCCOCC2)ccc1N=C1C=CC(N2CCCOCC2)=CC1. The van der Waals surface area contributed by atoms with Gasteiger partial charge in [-0.3, -0.25) is 4.99 Å². The third-order valence-corrected chi connectivity index (χ3v) is 5.72. The van der Waals surface area contributed by atoms with Crippen LogP contribution >= 0.6 is 12.6 Å². The van der Waals surface area contributed by atoms with E-state index in [9.17, 15) is 0 Å². The van der Waals surface area contributed by atoms with Crippen LogP contribution in [0.25, 0.3) is 0 Å². The summed E-state index contributed by atoms with van der Waals surface area (Å²) in [5, 5.41) is 0. The first kappa shape index (κ1) is 19.6. The summed E-state index contributed by atoms with van der Waals surface area (Å²) in [5.41, 5.74) is 4.48. The molecule has 0 atom stereocenters. The number of ether oxygens (including phenoxy) is 2. The molecule has 1 aromatic rings. The maximum atomic E-state index is 5.55. The van der Waals surface area contributed by atoms with E-state index in [-0.39, 0.29) is 0 Å². The van der Waals surface area contributed by atoms with Gasteiger partial charge in [-0.05, 0) is 43.2 Å². The molecule has 0 N–H and O–H groups in total. The summed E-state index contributed by atoms with van der Waals surface area (Å²) >= 11 is 4.70. The van der Waals surface area contributed by atoms with Gasteiger partial charge >= 0.3 is 0 Å². The van der Waals surface area contributed by atoms with Crippen molar-refractivity contribution in [2.75, 3.05) is 57.5 Å². The number of aliphatic imine (C=N–C) groups is 1. The van der Waals surface area contributed by atoms with Gasteiger partial charge in [-0.1, -0.05) is 6.08 Å². The van der Waals surface area contributed by atoms with Crippen molar-refractivity contribution in [3.63, 3.8) is 0 Å². The lowest BCUT2D eigenvalue weighted by Gasteiger charge is -2.25. The number of allylic oxidation sites excluding steroid dienone is 3. The first-order valence-electron chi connectivity index (χ1n) is 10.2. The van der Waals surface area contributed by atoms with Crippen molar-refractivity contribution in [1.29, 1.82) is 0 Å². The second-order valence-corrected chi connectivity index (χ2v) is 7.83. The molecule has 150 valence electrons. The van der Waals surface area contributed by atoms with E-state index in [2.05, 4.69) is 46.2 Å². The van der Waals surface area contributed by atoms with E-state index in [4.69, 9.17) is 27.1 Å². The van der Waals surface area contributed by atoms with Gasteiger partial charge in [-0.2, -0.15) is 0 Å². The standard InChI is InChI=1S/C22H29N3O2S/c28-22-17-20(25-10-2-14-27-16-12-25)7-8-21(22)23-18-3-5-19(6-4-18)24-9-1-13-26-15-11-24/h3,5-8,17,28H,1-2,4,9-16H2. The van der Waals surface area contributed by atoms with Gasteiger partial charge < -0.3 is 19.3 Å². The fourth-order valence-corrected chi connectivity index (χ4v) is 4.07. The van der Waals surface area contributed by atoms with Crippen LogP contribution in [0.15, 0.2) is 52.0 Å². The predicted octanol–water partition coefficient (Wildman–Crippen LogP) is 3.84. The summed E-state index contributed by atoms with van der Waals surface area (Å²) in [5.74, 6) is 0. The van der Waals surface area contributed by atoms with Crippen molar-refractivity contribution in [2.45, 2.75) is 24.2 Å². The van der Waals surface area contributed by atoms with Crippen molar-refractivity contribution >= 4 is 29.7 Å². The molecule has 4 rings (SSSR count). The van der Waals surface area contributed by atoms with Crippen molar-refractivity contribution in [2.24, 2.45) is 4.99 Å². The third-order valence-electron chi connectivity index (χ3n) is 5.36. The van der Waals surface area contributed by atoms with E-state index in [0.29, 0.717) is 0 Å². The minimum Gasteiger partial charge on any atom is -0.380 e. The van der Waals surface area contributed by atoms with Crippen molar-refractivity contribution in [3.8, 4) is 0 Å². The highest BCUT2D eigenvalue weighted by molar-refractivity contribution is 7.80. The van der Waals surface area contributed by atoms with Crippen LogP contribution in [0.3, 0.4) is 0 Å². The van der Waals surface area contributed by atoms with E-state index in [1.807, 2.05) is 0 Å². The zero-order chi connectivity index (χ0) is 19.2. The Bertz CT molecular complexity index is 759. The van der Waals surface area contributed by atoms with E-state index >= 15 is 0 Å². The minimum atomic E-state index is 0.786. The number of benzene rings is 1. The topological polar surface area (TPSA) is 37.3 Å². The lowest BCUT2D eigenvalue weighted by molar-refractivity contribution is 0.145. The molecule has 5 nitrogen and oxygen atoms in total. The Morgan fingerprint density at radius 3 is 2.32 bits per heavy atom. The summed E-state index contributed by atoms with van der Waals surface area (Å²) in [6.07, 6.45) is 9.58. The van der Waals surface area contributed by atoms with Crippen LogP contribution in [-0.2, 0) is 9.47 Å². The molecule has 28 heavy (non-hydrogen) atoms. The van der Waals surface area contributed by atoms with Crippen LogP contribution in [0.1, 0.15) is 19.3 Å². The maximum absolute atomic E-state index is 5.55. The predicted molar refractivity (Wildman–Crippen MR) is 117 cm³/mol. The zero-order valence-electron chi connectivity index (χ0n) is 16.3. The fourth-order valence-electron chi connectivity index (χ4n) is 3.81. The largest absolute Gasteiger partial charge is 0.380 e. The highest BCUT2D eigenvalue weighted by Gasteiger charge is 2.14. The highest BCUT2D eigenvalue weighted by Crippen LogP contribution is 2.30. The molecule has 0 aromatic heterocycles. The van der Waals surface area contributed by atoms with E-state index < -0.39 is 0 Å². The first-order valence-corrected chi connectivity index (χ1v) is 10.7. The van der Waals surface area contributed by atoms with E-state index in [0.717, 1.165) is 88.2 Å². The minimum absolute atomic E-state index is 0.786. The first-order chi connectivity index (χ1) is 13.8. The molecule has 1 aromatic carbocycles. The van der Waals surface area contributed by atoms with Gasteiger partial charge in [0.25, 0.3) is 0 Å². The molecule has 6 heteroatoms. The van der Waals surface area contributed by atoms with Crippen LogP contribution < -0.4 is 4.90 Å². The molecule has 0 spiro atoms. The van der Waals surface area contributed by atoms with E-state index in [1.54, 1.807) is 0 Å². The molecule has 2 heterocycles. The monoisotopic (exact) mass is 399 g/mol. The molecular weight excluding hydrogens is 370 g/mol. The van der Waals surface area contributed by atoms with E-state index in [1.165, 1.54) is 11.4 Å². The second kappa shape index (κ2) is 9.63. The molecule has 0 saturated carbocycles. The van der Waals surface area contributed by atoms with Crippen LogP contribution in [-0.4, -0.2) is 63.2 Å². The van der Waals surface area contributed by atoms with Crippen LogP contribution in [0.2, 0.25) is 0 Å². The Morgan fingerprint density at radius 2 is 1.61 bits per heavy atom. The Morgan fingerprint density at radius 1 is 0.857 bits per heavy atom. The van der Waals surface area contributed by atoms with Gasteiger partial charge in [0.15, 0.2) is 0 Å². The number of thiol groups is 1. The Labute approximate surface area is 173 Å². The molecule has 0 amide bonds. The zero-order valence-corrected chi connectivity index (χ0v) is 17.2. The quantitative estimate of drug-likeness (QED) is 0.784. The Kier molecular flexibility index (Phi) is 6.73. The van der Waals surface area contributed by atoms with Crippen LogP contribution in [0, 0.1) is 0 Å². The molecule has 1 aliphatic carbocycles. The fraction of sp³-hybridized carbons (Fsp3) is 0.500. The number of anilines is 1. The normalized spacial score (nSPS) is 22.8. The summed E-state index contributed by atoms with van der Waals surface area (Å²) in [6.45, 7) is 7.30. The average Bonchev–Trinajstić information content (AvgIpc) is 3.15. The molecule has 2 aliphatic heterocycles. The third kappa shape index (κ3) is 4.99. The van der Waals surface area contributed by atoms with Gasteiger partial charge in [0.1, 0.15) is 0 Å². The number of hydrogen-bond donors (Lipinski definition) is 1. The summed E-state index contributed by atoms with van der Waals surface area (Å²) in [7, 11) is 0. The summed E-state index contributed by atoms with van der Waals surface area (Å²) in [6, 6.07) is 6.35. The maximum Gasteiger partial charge on any atom is 0.0767 e. The Balaban J connectivity index is 1.42. The van der Waals surface area contributed by atoms with Crippen LogP contribution in [0.5, 0.6) is 0 Å². The highest BCUT2D eigenvalue weighted by atomic mass is 32.1. The second-order valence-electron chi connectivity index (χ2n) is 7.35. The van der Waals surface area contributed by atoms with Gasteiger partial charge in [-0.15, -0.1) is 12.6 Å². The lowest BCUT2D eigenvalue weighted by atomic mass is 10.1. The molecule has 0 bridgehead atoms. The van der Waals surface area contributed by atoms with Gasteiger partial charge in [0, 0.05) is 67.8 Å². The molecule has 0 radical (unpaired) electrons. The number of hydrogen-bond acceptors (Lipinski definition) is 6. The van der Waals surface area contributed by atoms with Crippen molar-refractivity contribution in [1.82, 2.24) is 4.90 Å². The van der Waals surface area contributed by atoms with Crippen molar-refractivity contribution in [3.05, 3.63) is 42.1 Å². The van der Waals surface area contributed by atoms with Gasteiger partial charge in [0.2, 0.25) is 0 Å².